The van der Waals surface area contributed by atoms with E-state index in [0.717, 1.165) is 0 Å². The second kappa shape index (κ2) is 5.01. The van der Waals surface area contributed by atoms with Crippen molar-refractivity contribution in [3.05, 3.63) is 0 Å². The van der Waals surface area contributed by atoms with Crippen LogP contribution < -0.4 is 0 Å². The Labute approximate surface area is 131 Å². The van der Waals surface area contributed by atoms with E-state index in [0.29, 0.717) is 0 Å². The minimum atomic E-state index is -8.07. The minimum absolute atomic E-state index is 1.21. The van der Waals surface area contributed by atoms with Gasteiger partial charge in [-0.3, -0.25) is 0 Å². The van der Waals surface area contributed by atoms with Gasteiger partial charge in [0.1, 0.15) is 0 Å². The Morgan fingerprint density at radius 3 is 0.923 bits per heavy atom. The lowest BCUT2D eigenvalue weighted by Gasteiger charge is -2.44. The second-order valence-electron chi connectivity index (χ2n) is 5.15. The molecule has 0 saturated carbocycles. The van der Waals surface area contributed by atoms with Crippen LogP contribution in [-0.2, 0) is 0 Å². The molecule has 1 rings (SSSR count). The van der Waals surface area contributed by atoms with E-state index >= 15 is 0 Å². The van der Waals surface area contributed by atoms with E-state index in [-0.39, 0.29) is 0 Å². The molecule has 0 spiro atoms. The van der Waals surface area contributed by atoms with E-state index in [9.17, 15) is 70.2 Å². The molecule has 0 aromatic carbocycles. The summed E-state index contributed by atoms with van der Waals surface area (Å²) in [5.41, 5.74) is 0. The number of likely N-dealkylation sites (tertiary alicyclic amines) is 1. The first kappa shape index (κ1) is 22.9. The Hall–Kier alpha value is -1.16. The van der Waals surface area contributed by atoms with Gasteiger partial charge in [0.05, 0.1) is 0 Å². The van der Waals surface area contributed by atoms with Gasteiger partial charge in [-0.05, 0) is 0 Å². The summed E-state index contributed by atoms with van der Waals surface area (Å²) in [6, 6.07) is -23.4. The molecule has 0 unspecified atom stereocenters. The molecule has 1 fully saturated rings. The first-order valence-corrected chi connectivity index (χ1v) is 5.69. The fourth-order valence-corrected chi connectivity index (χ4v) is 1.78. The van der Waals surface area contributed by atoms with Gasteiger partial charge < -0.3 is 0 Å². The lowest BCUT2D eigenvalue weighted by Crippen LogP contribution is -2.73. The summed E-state index contributed by atoms with van der Waals surface area (Å²) in [5.74, 6) is -38.5. The summed E-state index contributed by atoms with van der Waals surface area (Å²) in [6.07, 6.45) is 0. The van der Waals surface area contributed by atoms with Gasteiger partial charge in [0, 0.05) is 6.92 Å². The van der Waals surface area contributed by atoms with Crippen molar-refractivity contribution >= 4 is 0 Å². The maximum absolute atomic E-state index is 13.3. The van der Waals surface area contributed by atoms with Gasteiger partial charge in [-0.2, -0.15) is 70.2 Å². The number of halogens is 16. The lowest BCUT2D eigenvalue weighted by molar-refractivity contribution is -0.466. The molecule has 0 aromatic rings. The Balaban J connectivity index is 4.10. The Morgan fingerprint density at radius 1 is 0.500 bits per heavy atom. The van der Waals surface area contributed by atoms with Crippen molar-refractivity contribution in [2.24, 2.45) is 0 Å². The highest BCUT2D eigenvalue weighted by Crippen LogP contribution is 2.67. The molecule has 0 bridgehead atoms. The maximum atomic E-state index is 13.3. The van der Waals surface area contributed by atoms with Crippen LogP contribution in [0.1, 0.15) is 6.92 Å². The number of rotatable bonds is 2. The molecule has 26 heavy (non-hydrogen) atoms. The number of nitrogens with zero attached hydrogens (tertiary/aromatic N) is 1. The fraction of sp³-hybridized carbons (Fsp3) is 1.00. The predicted molar refractivity (Wildman–Crippen MR) is 47.1 cm³/mol. The minimum Gasteiger partial charge on any atom is -0.199 e. The van der Waals surface area contributed by atoms with Gasteiger partial charge in [-0.25, -0.2) is 0 Å². The fourth-order valence-electron chi connectivity index (χ4n) is 1.78. The van der Waals surface area contributed by atoms with Crippen molar-refractivity contribution in [2.75, 3.05) is 0 Å². The van der Waals surface area contributed by atoms with Crippen LogP contribution >= 0.6 is 0 Å². The van der Waals surface area contributed by atoms with E-state index < -0.39 is 59.6 Å². The van der Waals surface area contributed by atoms with Gasteiger partial charge >= 0.3 is 47.8 Å². The highest BCUT2D eigenvalue weighted by Gasteiger charge is 2.99. The third-order valence-corrected chi connectivity index (χ3v) is 3.31. The maximum Gasteiger partial charge on any atom is 0.393 e. The van der Waals surface area contributed by atoms with Crippen molar-refractivity contribution < 1.29 is 70.2 Å². The largest absolute Gasteiger partial charge is 0.393 e. The second-order valence-corrected chi connectivity index (χ2v) is 5.15. The summed E-state index contributed by atoms with van der Waals surface area (Å²) in [5, 5.41) is 0. The topological polar surface area (TPSA) is 3.24 Å². The van der Waals surface area contributed by atoms with Crippen molar-refractivity contribution in [3.8, 4) is 0 Å². The standard InChI is InChI=1S/C9H3F16N/c1-2(10,11)7(20,21)26-8(22,23)5(16,17)3(12,13)4(14,15)6(18,19)9(26,24)25/h1H3. The molecule has 0 N–H and O–H groups in total. The van der Waals surface area contributed by atoms with E-state index in [1.807, 2.05) is 0 Å². The molecule has 0 atom stereocenters. The first-order chi connectivity index (χ1) is 10.9. The molecular weight excluding hydrogens is 426 g/mol. The average molecular weight is 429 g/mol. The van der Waals surface area contributed by atoms with Crippen molar-refractivity contribution in [2.45, 2.75) is 54.7 Å². The van der Waals surface area contributed by atoms with Crippen LogP contribution in [0, 0.1) is 0 Å². The third kappa shape index (κ3) is 2.17. The quantitative estimate of drug-likeness (QED) is 0.427. The highest BCUT2D eigenvalue weighted by molar-refractivity contribution is 5.17. The van der Waals surface area contributed by atoms with Crippen LogP contribution in [-0.4, -0.2) is 52.7 Å². The molecule has 17 heteroatoms. The van der Waals surface area contributed by atoms with E-state index in [1.54, 1.807) is 0 Å². The Morgan fingerprint density at radius 2 is 0.731 bits per heavy atom. The van der Waals surface area contributed by atoms with Gasteiger partial charge in [-0.15, -0.1) is 4.90 Å². The van der Waals surface area contributed by atoms with Gasteiger partial charge in [0.2, 0.25) is 0 Å². The van der Waals surface area contributed by atoms with E-state index in [4.69, 9.17) is 0 Å². The molecule has 1 aliphatic heterocycles. The highest BCUT2D eigenvalue weighted by atomic mass is 19.4. The van der Waals surface area contributed by atoms with Gasteiger partial charge in [-0.1, -0.05) is 0 Å². The summed E-state index contributed by atoms with van der Waals surface area (Å²) in [6.45, 7) is -1.21. The van der Waals surface area contributed by atoms with Crippen LogP contribution in [0.15, 0.2) is 0 Å². The average Bonchev–Trinajstić information content (AvgIpc) is 2.34. The van der Waals surface area contributed by atoms with E-state index in [1.165, 1.54) is 0 Å². The number of alkyl halides is 16. The molecule has 1 nitrogen and oxygen atoms in total. The zero-order valence-electron chi connectivity index (χ0n) is 11.5. The van der Waals surface area contributed by atoms with E-state index in [2.05, 4.69) is 0 Å². The lowest BCUT2D eigenvalue weighted by atomic mass is 9.99. The molecule has 0 aromatic heterocycles. The number of hydrogen-bond acceptors (Lipinski definition) is 1. The van der Waals surface area contributed by atoms with Gasteiger partial charge in [0.15, 0.2) is 0 Å². The summed E-state index contributed by atoms with van der Waals surface area (Å²) >= 11 is 0. The van der Waals surface area contributed by atoms with Crippen LogP contribution in [0.2, 0.25) is 0 Å². The van der Waals surface area contributed by atoms with Crippen LogP contribution in [0.3, 0.4) is 0 Å². The smallest absolute Gasteiger partial charge is 0.199 e. The van der Waals surface area contributed by atoms with Crippen LogP contribution in [0.25, 0.3) is 0 Å². The Bertz CT molecular complexity index is 533. The molecule has 0 amide bonds. The first-order valence-electron chi connectivity index (χ1n) is 5.69. The molecular formula is C9H3F16N. The monoisotopic (exact) mass is 429 g/mol. The summed E-state index contributed by atoms with van der Waals surface area (Å²) in [4.78, 5) is -4.30. The third-order valence-electron chi connectivity index (χ3n) is 3.31. The zero-order chi connectivity index (χ0) is 21.6. The predicted octanol–water partition coefficient (Wildman–Crippen LogP) is 5.28. The van der Waals surface area contributed by atoms with Crippen LogP contribution in [0.5, 0.6) is 0 Å². The normalized spacial score (nSPS) is 29.9. The molecule has 1 aliphatic rings. The summed E-state index contributed by atoms with van der Waals surface area (Å²) in [7, 11) is 0. The SMILES string of the molecule is CC(F)(F)C(F)(F)N1C(F)(F)C(F)(F)C(F)(F)C(F)(F)C(F)(F)C1(F)F. The Kier molecular flexibility index (Phi) is 4.41. The van der Waals surface area contributed by atoms with Crippen LogP contribution in [0.4, 0.5) is 70.2 Å². The number of hydrogen-bond donors (Lipinski definition) is 0. The summed E-state index contributed by atoms with van der Waals surface area (Å²) < 4.78 is 209. The molecule has 156 valence electrons. The van der Waals surface area contributed by atoms with Crippen molar-refractivity contribution in [1.29, 1.82) is 0 Å². The zero-order valence-corrected chi connectivity index (χ0v) is 11.5. The van der Waals surface area contributed by atoms with Gasteiger partial charge in [0.25, 0.3) is 0 Å². The molecule has 1 saturated heterocycles. The molecule has 0 aliphatic carbocycles. The van der Waals surface area contributed by atoms with Crippen molar-refractivity contribution in [3.63, 3.8) is 0 Å². The molecule has 1 heterocycles. The van der Waals surface area contributed by atoms with Crippen molar-refractivity contribution in [1.82, 2.24) is 4.90 Å². The molecule has 0 radical (unpaired) electrons.